The molecule has 0 saturated carbocycles. The van der Waals surface area contributed by atoms with E-state index in [-0.39, 0.29) is 11.4 Å². The number of benzene rings is 1. The third-order valence-corrected chi connectivity index (χ3v) is 6.70. The van der Waals surface area contributed by atoms with Crippen LogP contribution in [0, 0.1) is 0 Å². The first kappa shape index (κ1) is 51.3. The summed E-state index contributed by atoms with van der Waals surface area (Å²) >= 11 is 0. The molecule has 7 nitrogen and oxygen atoms in total. The van der Waals surface area contributed by atoms with Gasteiger partial charge in [-0.15, -0.1) is 13.2 Å². The van der Waals surface area contributed by atoms with Crippen LogP contribution in [0.4, 0.5) is 110 Å². The van der Waals surface area contributed by atoms with E-state index in [0.29, 0.717) is 24.1 Å². The molecular formula is C27H17F25N2O5. The van der Waals surface area contributed by atoms with Crippen LogP contribution in [0.15, 0.2) is 36.7 Å². The van der Waals surface area contributed by atoms with Gasteiger partial charge in [0.25, 0.3) is 0 Å². The van der Waals surface area contributed by atoms with Gasteiger partial charge in [-0.3, -0.25) is 0 Å². The summed E-state index contributed by atoms with van der Waals surface area (Å²) < 4.78 is 346. The molecule has 0 radical (unpaired) electrons. The van der Waals surface area contributed by atoms with Crippen LogP contribution < -0.4 is 4.74 Å². The van der Waals surface area contributed by atoms with Crippen molar-refractivity contribution in [3.63, 3.8) is 0 Å². The summed E-state index contributed by atoms with van der Waals surface area (Å²) in [5.41, 5.74) is 0.738. The monoisotopic (exact) mass is 924 g/mol. The van der Waals surface area contributed by atoms with Crippen LogP contribution in [0.3, 0.4) is 0 Å². The predicted octanol–water partition coefficient (Wildman–Crippen LogP) is 11.1. The van der Waals surface area contributed by atoms with Crippen molar-refractivity contribution in [2.75, 3.05) is 6.61 Å². The van der Waals surface area contributed by atoms with Crippen molar-refractivity contribution in [3.05, 3.63) is 42.2 Å². The maximum atomic E-state index is 14.3. The first-order valence-corrected chi connectivity index (χ1v) is 14.6. The normalized spacial score (nSPS) is 15.2. The Labute approximate surface area is 309 Å². The zero-order valence-electron chi connectivity index (χ0n) is 27.7. The summed E-state index contributed by atoms with van der Waals surface area (Å²) in [5, 5.41) is 0. The lowest BCUT2D eigenvalue weighted by atomic mass is 9.98. The van der Waals surface area contributed by atoms with Gasteiger partial charge < -0.3 is 4.74 Å². The van der Waals surface area contributed by atoms with E-state index in [9.17, 15) is 110 Å². The number of rotatable bonds is 21. The van der Waals surface area contributed by atoms with E-state index in [1.807, 2.05) is 6.92 Å². The highest BCUT2D eigenvalue weighted by molar-refractivity contribution is 5.55. The van der Waals surface area contributed by atoms with E-state index in [1.54, 1.807) is 0 Å². The Morgan fingerprint density at radius 3 is 1.20 bits per heavy atom. The largest absolute Gasteiger partial charge is 0.527 e. The van der Waals surface area contributed by atoms with Gasteiger partial charge in [0.05, 0.1) is 0 Å². The number of halogens is 25. The Balaban J connectivity index is 2.29. The molecule has 1 heterocycles. The van der Waals surface area contributed by atoms with Crippen LogP contribution in [0.2, 0.25) is 0 Å². The van der Waals surface area contributed by atoms with Gasteiger partial charge in [0.2, 0.25) is 0 Å². The summed E-state index contributed by atoms with van der Waals surface area (Å²) in [6, 6.07) is 3.12. The van der Waals surface area contributed by atoms with Crippen LogP contribution in [-0.4, -0.2) is 89.4 Å². The molecule has 1 aromatic heterocycles. The Morgan fingerprint density at radius 2 is 0.831 bits per heavy atom. The van der Waals surface area contributed by atoms with Crippen molar-refractivity contribution >= 4 is 0 Å². The lowest BCUT2D eigenvalue weighted by molar-refractivity contribution is -0.585. The van der Waals surface area contributed by atoms with E-state index < -0.39 is 85.2 Å². The molecule has 2 rings (SSSR count). The fourth-order valence-corrected chi connectivity index (χ4v) is 3.64. The molecule has 0 fully saturated rings. The topological polar surface area (TPSA) is 71.9 Å². The molecule has 0 unspecified atom stereocenters. The van der Waals surface area contributed by atoms with E-state index in [4.69, 9.17) is 0 Å². The van der Waals surface area contributed by atoms with Gasteiger partial charge in [-0.05, 0) is 42.7 Å². The minimum Gasteiger partial charge on any atom is -0.487 e. The van der Waals surface area contributed by atoms with Crippen LogP contribution in [0.5, 0.6) is 5.75 Å². The number of nitrogens with zero attached hydrogens (tertiary/aromatic N) is 2. The second kappa shape index (κ2) is 16.2. The second-order valence-electron chi connectivity index (χ2n) is 11.2. The highest BCUT2D eigenvalue weighted by atomic mass is 19.4. The van der Waals surface area contributed by atoms with Crippen molar-refractivity contribution in [2.45, 2.75) is 99.0 Å². The third-order valence-electron chi connectivity index (χ3n) is 6.70. The molecule has 32 heteroatoms. The molecule has 0 aliphatic carbocycles. The van der Waals surface area contributed by atoms with Crippen LogP contribution >= 0.6 is 0 Å². The number of ether oxygens (including phenoxy) is 5. The molecular weight excluding hydrogens is 907 g/mol. The number of unbranched alkanes of at least 4 members (excludes halogenated alkanes) is 1. The molecule has 0 spiro atoms. The second-order valence-corrected chi connectivity index (χ2v) is 11.2. The lowest BCUT2D eigenvalue weighted by Gasteiger charge is -2.40. The van der Waals surface area contributed by atoms with Crippen molar-refractivity contribution in [3.8, 4) is 17.1 Å². The van der Waals surface area contributed by atoms with Crippen LogP contribution in [-0.2, 0) is 25.4 Å². The van der Waals surface area contributed by atoms with Crippen LogP contribution in [0.1, 0.15) is 25.3 Å². The number of hydrogen-bond acceptors (Lipinski definition) is 7. The first-order valence-electron chi connectivity index (χ1n) is 14.6. The zero-order valence-corrected chi connectivity index (χ0v) is 27.7. The van der Waals surface area contributed by atoms with Gasteiger partial charge in [0, 0.05) is 18.0 Å². The average Bonchev–Trinajstić information content (AvgIpc) is 3.04. The summed E-state index contributed by atoms with van der Waals surface area (Å²) in [7, 11) is 0. The molecule has 340 valence electrons. The Hall–Kier alpha value is -3.81. The van der Waals surface area contributed by atoms with Crippen molar-refractivity contribution < 1.29 is 133 Å². The molecule has 2 aromatic rings. The maximum Gasteiger partial charge on any atom is 0.527 e. The Kier molecular flexibility index (Phi) is 14.1. The van der Waals surface area contributed by atoms with Gasteiger partial charge >= 0.3 is 72.8 Å². The summed E-state index contributed by atoms with van der Waals surface area (Å²) in [6.07, 6.45) is -58.7. The highest BCUT2D eigenvalue weighted by Crippen LogP contribution is 2.59. The average molecular weight is 924 g/mol. The van der Waals surface area contributed by atoms with E-state index >= 15 is 0 Å². The fraction of sp³-hybridized carbons (Fsp3) is 0.630. The minimum absolute atomic E-state index is 0.0416. The molecule has 0 aliphatic heterocycles. The molecule has 0 atom stereocenters. The first-order chi connectivity index (χ1) is 26.1. The highest BCUT2D eigenvalue weighted by Gasteiger charge is 2.89. The van der Waals surface area contributed by atoms with E-state index in [1.165, 1.54) is 31.3 Å². The zero-order chi connectivity index (χ0) is 46.3. The Bertz CT molecular complexity index is 1700. The summed E-state index contributed by atoms with van der Waals surface area (Å²) in [6.45, 7) is -1.29. The SMILES string of the molecule is CCCCc1cnc(-c2ccc(OCC(F)(F)C(F)(F)C(F)(F)C(F)(F)C(F)(F)OC(F)(F)C(F)(F)OC(F)(F)C(F)(F)OC(F)(F)C(F)(F)OC(F)(F)F)cc2)nc1. The Morgan fingerprint density at radius 1 is 0.458 bits per heavy atom. The smallest absolute Gasteiger partial charge is 0.487 e. The summed E-state index contributed by atoms with van der Waals surface area (Å²) in [4.78, 5) is 7.93. The number of alkyl halides is 25. The van der Waals surface area contributed by atoms with Gasteiger partial charge in [0.1, 0.15) is 5.75 Å². The van der Waals surface area contributed by atoms with Gasteiger partial charge in [0.15, 0.2) is 12.4 Å². The van der Waals surface area contributed by atoms with Crippen molar-refractivity contribution in [1.82, 2.24) is 9.97 Å². The molecule has 0 N–H and O–H groups in total. The van der Waals surface area contributed by atoms with Gasteiger partial charge in [-0.1, -0.05) is 13.3 Å². The van der Waals surface area contributed by atoms with E-state index in [0.717, 1.165) is 25.0 Å². The minimum atomic E-state index is -8.64. The number of aromatic nitrogens is 2. The molecule has 59 heavy (non-hydrogen) atoms. The lowest BCUT2D eigenvalue weighted by Crippen LogP contribution is -2.70. The summed E-state index contributed by atoms with van der Waals surface area (Å²) in [5.74, 6) is -32.9. The molecule has 1 aromatic carbocycles. The predicted molar refractivity (Wildman–Crippen MR) is 136 cm³/mol. The molecule has 0 amide bonds. The quantitative estimate of drug-likeness (QED) is 0.116. The fourth-order valence-electron chi connectivity index (χ4n) is 3.64. The van der Waals surface area contributed by atoms with Crippen molar-refractivity contribution in [2.24, 2.45) is 0 Å². The van der Waals surface area contributed by atoms with Crippen molar-refractivity contribution in [1.29, 1.82) is 0 Å². The van der Waals surface area contributed by atoms with Gasteiger partial charge in [-0.2, -0.15) is 96.6 Å². The number of aryl methyl sites for hydroxylation is 1. The van der Waals surface area contributed by atoms with E-state index in [2.05, 4.69) is 14.7 Å². The number of hydrogen-bond donors (Lipinski definition) is 0. The molecule has 0 bridgehead atoms. The standard InChI is InChI=1S/C27H17F25N2O5/c1-2-3-4-12-9-53-15(54-10-12)13-5-7-14(8-6-13)55-11-16(28,29)17(30,31)18(32,33)19(34,35)20(36,37)56-21(38,39)22(40,41)57-23(42,43)24(44,45)58-25(46,47)26(48,49)59-27(50,51)52/h5-10H,2-4,11H2,1H3. The van der Waals surface area contributed by atoms with Gasteiger partial charge in [-0.25, -0.2) is 28.9 Å². The molecule has 0 aliphatic rings. The maximum absolute atomic E-state index is 14.3. The molecule has 0 saturated heterocycles. The van der Waals surface area contributed by atoms with Crippen LogP contribution in [0.25, 0.3) is 11.4 Å². The third kappa shape index (κ3) is 10.7.